The van der Waals surface area contributed by atoms with Crippen molar-refractivity contribution in [3.63, 3.8) is 0 Å². The van der Waals surface area contributed by atoms with E-state index < -0.39 is 19.4 Å². The predicted molar refractivity (Wildman–Crippen MR) is 82.3 cm³/mol. The summed E-state index contributed by atoms with van der Waals surface area (Å²) in [7, 11) is -4.20. The van der Waals surface area contributed by atoms with Crippen molar-refractivity contribution in [3.8, 4) is 6.01 Å². The van der Waals surface area contributed by atoms with Crippen LogP contribution in [0.25, 0.3) is 0 Å². The van der Waals surface area contributed by atoms with Crippen LogP contribution in [-0.4, -0.2) is 21.5 Å². The quantitative estimate of drug-likeness (QED) is 0.518. The average Bonchev–Trinajstić information content (AvgIpc) is 2.48. The molecule has 0 aliphatic rings. The molecule has 4 N–H and O–H groups in total. The van der Waals surface area contributed by atoms with Crippen LogP contribution >= 0.6 is 7.75 Å². The number of nitrogens with zero attached hydrogens (tertiary/aromatic N) is 2. The molecule has 0 aliphatic heterocycles. The van der Waals surface area contributed by atoms with Gasteiger partial charge in [-0.05, 0) is 24.6 Å². The first-order chi connectivity index (χ1) is 10.9. The summed E-state index contributed by atoms with van der Waals surface area (Å²) in [4.78, 5) is 16.8. The Kier molecular flexibility index (Phi) is 5.49. The van der Waals surface area contributed by atoms with E-state index in [1.54, 1.807) is 24.3 Å². The molecule has 0 fully saturated rings. The summed E-state index contributed by atoms with van der Waals surface area (Å²) in [6.45, 7) is 1.62. The molecule has 0 aliphatic carbocycles. The molecule has 0 bridgehead atoms. The van der Waals surface area contributed by atoms with Crippen LogP contribution in [0.2, 0.25) is 0 Å². The minimum absolute atomic E-state index is 0.0216. The molecule has 0 saturated heterocycles. The molecular weight excluding hydrogens is 326 g/mol. The highest BCUT2D eigenvalue weighted by atomic mass is 31.2. The largest absolute Gasteiger partial charge is 0.459 e. The zero-order valence-corrected chi connectivity index (χ0v) is 13.2. The molecule has 2 rings (SSSR count). The van der Waals surface area contributed by atoms with Crippen molar-refractivity contribution in [1.82, 2.24) is 9.97 Å². The van der Waals surface area contributed by atoms with Crippen molar-refractivity contribution in [3.05, 3.63) is 41.8 Å². The maximum absolute atomic E-state index is 13.6. The van der Waals surface area contributed by atoms with E-state index in [1.807, 2.05) is 5.09 Å². The van der Waals surface area contributed by atoms with E-state index in [2.05, 4.69) is 14.5 Å². The Hall–Kier alpha value is -2.22. The highest BCUT2D eigenvalue weighted by Gasteiger charge is 2.22. The first kappa shape index (κ1) is 17.1. The molecule has 10 heteroatoms. The Morgan fingerprint density at radius 1 is 1.48 bits per heavy atom. The zero-order valence-electron chi connectivity index (χ0n) is 12.3. The Morgan fingerprint density at radius 2 is 2.26 bits per heavy atom. The summed E-state index contributed by atoms with van der Waals surface area (Å²) in [5.74, 6) is -1.39. The Labute approximate surface area is 132 Å². The van der Waals surface area contributed by atoms with Crippen LogP contribution < -0.4 is 15.6 Å². The first-order valence-electron chi connectivity index (χ1n) is 6.65. The Morgan fingerprint density at radius 3 is 2.96 bits per heavy atom. The molecule has 2 aromatic rings. The molecule has 124 valence electrons. The van der Waals surface area contributed by atoms with Gasteiger partial charge in [0.05, 0.1) is 12.8 Å². The average molecular weight is 342 g/mol. The molecule has 1 heterocycles. The molecule has 0 saturated carbocycles. The third-order valence-electron chi connectivity index (χ3n) is 2.59. The van der Waals surface area contributed by atoms with Gasteiger partial charge in [0.15, 0.2) is 11.6 Å². The number of anilines is 2. The Bertz CT molecular complexity index is 731. The van der Waals surface area contributed by atoms with E-state index in [4.69, 9.17) is 10.5 Å². The number of halogens is 1. The number of hydrogen-bond acceptors (Lipinski definition) is 6. The zero-order chi connectivity index (χ0) is 16.9. The van der Waals surface area contributed by atoms with Crippen LogP contribution in [0.3, 0.4) is 0 Å². The van der Waals surface area contributed by atoms with Gasteiger partial charge in [0, 0.05) is 5.69 Å². The van der Waals surface area contributed by atoms with E-state index in [-0.39, 0.29) is 19.2 Å². The van der Waals surface area contributed by atoms with Gasteiger partial charge in [0.2, 0.25) is 0 Å². The van der Waals surface area contributed by atoms with Crippen molar-refractivity contribution in [2.75, 3.05) is 17.4 Å². The van der Waals surface area contributed by atoms with Gasteiger partial charge >= 0.3 is 13.8 Å². The lowest BCUT2D eigenvalue weighted by Gasteiger charge is -2.13. The number of aromatic nitrogens is 2. The maximum atomic E-state index is 13.6. The van der Waals surface area contributed by atoms with Gasteiger partial charge in [-0.2, -0.15) is 4.98 Å². The fourth-order valence-electron chi connectivity index (χ4n) is 1.67. The number of rotatable bonds is 7. The van der Waals surface area contributed by atoms with E-state index in [0.29, 0.717) is 5.69 Å². The van der Waals surface area contributed by atoms with Crippen molar-refractivity contribution in [2.45, 2.75) is 13.5 Å². The smallest absolute Gasteiger partial charge is 0.431 e. The van der Waals surface area contributed by atoms with Crippen LogP contribution in [0.4, 0.5) is 15.9 Å². The summed E-state index contributed by atoms with van der Waals surface area (Å²) in [5.41, 5.74) is 7.00. The van der Waals surface area contributed by atoms with Gasteiger partial charge in [-0.1, -0.05) is 12.1 Å². The van der Waals surface area contributed by atoms with Crippen molar-refractivity contribution in [1.29, 1.82) is 0 Å². The second-order valence-corrected chi connectivity index (χ2v) is 5.96. The fourth-order valence-corrected chi connectivity index (χ4v) is 2.51. The van der Waals surface area contributed by atoms with Crippen LogP contribution in [0.15, 0.2) is 30.5 Å². The third-order valence-corrected chi connectivity index (χ3v) is 3.69. The highest BCUT2D eigenvalue weighted by molar-refractivity contribution is 7.54. The topological polar surface area (TPSA) is 120 Å². The summed E-state index contributed by atoms with van der Waals surface area (Å²) < 4.78 is 35.1. The molecule has 1 aromatic carbocycles. The monoisotopic (exact) mass is 342 g/mol. The standard InChI is InChI=1S/C13H16FN4O4P/c1-2-22-23(19,20)18-12-11(14)7-16-13(17-12)21-8-9-4-3-5-10(15)6-9/h3-7H,2,8,15H2,1H3,(H2,16,17,18,19,20). The lowest BCUT2D eigenvalue weighted by molar-refractivity contribution is 0.276. The number of ether oxygens (including phenoxy) is 1. The summed E-state index contributed by atoms with van der Waals surface area (Å²) in [6, 6.07) is 6.83. The second kappa shape index (κ2) is 7.36. The van der Waals surface area contributed by atoms with Crippen molar-refractivity contribution < 1.29 is 23.1 Å². The number of nitrogens with one attached hydrogen (secondary N) is 1. The van der Waals surface area contributed by atoms with Gasteiger partial charge in [-0.15, -0.1) is 0 Å². The second-order valence-electron chi connectivity index (χ2n) is 4.43. The molecule has 1 unspecified atom stereocenters. The number of benzene rings is 1. The molecular formula is C13H16FN4O4P. The summed E-state index contributed by atoms with van der Waals surface area (Å²) >= 11 is 0. The van der Waals surface area contributed by atoms with Gasteiger partial charge in [-0.25, -0.2) is 13.9 Å². The van der Waals surface area contributed by atoms with Crippen LogP contribution in [-0.2, 0) is 15.7 Å². The lowest BCUT2D eigenvalue weighted by atomic mass is 10.2. The van der Waals surface area contributed by atoms with E-state index in [1.165, 1.54) is 6.92 Å². The van der Waals surface area contributed by atoms with Gasteiger partial charge in [-0.3, -0.25) is 9.61 Å². The van der Waals surface area contributed by atoms with Gasteiger partial charge < -0.3 is 15.4 Å². The molecule has 8 nitrogen and oxygen atoms in total. The van der Waals surface area contributed by atoms with Crippen molar-refractivity contribution >= 4 is 19.3 Å². The van der Waals surface area contributed by atoms with Crippen molar-refractivity contribution in [2.24, 2.45) is 0 Å². The van der Waals surface area contributed by atoms with Crippen LogP contribution in [0, 0.1) is 5.82 Å². The number of nitrogens with two attached hydrogens (primary N) is 1. The van der Waals surface area contributed by atoms with E-state index in [0.717, 1.165) is 11.8 Å². The lowest BCUT2D eigenvalue weighted by Crippen LogP contribution is -2.07. The molecule has 23 heavy (non-hydrogen) atoms. The van der Waals surface area contributed by atoms with E-state index in [9.17, 15) is 13.8 Å². The third kappa shape index (κ3) is 5.17. The fraction of sp³-hybridized carbons (Fsp3) is 0.231. The molecule has 0 spiro atoms. The summed E-state index contributed by atoms with van der Waals surface area (Å²) in [6.07, 6.45) is 0.829. The Balaban J connectivity index is 2.09. The number of hydrogen-bond donors (Lipinski definition) is 3. The number of nitrogen functional groups attached to an aromatic ring is 1. The predicted octanol–water partition coefficient (Wildman–Crippen LogP) is 2.33. The minimum atomic E-state index is -4.20. The SMILES string of the molecule is CCOP(=O)(O)Nc1nc(OCc2cccc(N)c2)ncc1F. The summed E-state index contributed by atoms with van der Waals surface area (Å²) in [5, 5.41) is 2.00. The van der Waals surface area contributed by atoms with Gasteiger partial charge in [0.1, 0.15) is 6.61 Å². The highest BCUT2D eigenvalue weighted by Crippen LogP contribution is 2.41. The van der Waals surface area contributed by atoms with Crippen LogP contribution in [0.1, 0.15) is 12.5 Å². The van der Waals surface area contributed by atoms with E-state index >= 15 is 0 Å². The van der Waals surface area contributed by atoms with Crippen LogP contribution in [0.5, 0.6) is 6.01 Å². The minimum Gasteiger partial charge on any atom is -0.459 e. The maximum Gasteiger partial charge on any atom is 0.431 e. The molecule has 0 radical (unpaired) electrons. The molecule has 1 atom stereocenters. The first-order valence-corrected chi connectivity index (χ1v) is 8.23. The van der Waals surface area contributed by atoms with Gasteiger partial charge in [0.25, 0.3) is 0 Å². The normalized spacial score (nSPS) is 13.3. The molecule has 0 amide bonds. The molecule has 1 aromatic heterocycles.